The van der Waals surface area contributed by atoms with Crippen LogP contribution in [0.15, 0.2) is 11.5 Å². The minimum atomic E-state index is -5.82. The summed E-state index contributed by atoms with van der Waals surface area (Å²) in [6.07, 6.45) is -5.82. The van der Waals surface area contributed by atoms with E-state index in [1.165, 1.54) is 0 Å². The molecule has 0 heterocycles. The molecule has 0 fully saturated rings. The van der Waals surface area contributed by atoms with Gasteiger partial charge in [0.2, 0.25) is 0 Å². The molecule has 7 nitrogen and oxygen atoms in total. The molecule has 0 saturated heterocycles. The Bertz CT molecular complexity index is 349. The largest absolute Gasteiger partial charge is 0.475 e. The van der Waals surface area contributed by atoms with Crippen molar-refractivity contribution in [3.63, 3.8) is 0 Å². The average Bonchev–Trinajstić information content (AvgIpc) is 2.33. The average molecular weight is 287 g/mol. The van der Waals surface area contributed by atoms with Gasteiger partial charge in [-0.3, -0.25) is 4.94 Å². The molecule has 3 N–H and O–H groups in total. The molecule has 1 unspecified atom stereocenters. The van der Waals surface area contributed by atoms with Gasteiger partial charge in [0.1, 0.15) is 0 Å². The number of rotatable bonds is 7. The second kappa shape index (κ2) is 5.74. The maximum Gasteiger partial charge on any atom is 0.455 e. The monoisotopic (exact) mass is 287 g/mol. The Balaban J connectivity index is 5.97. The van der Waals surface area contributed by atoms with Gasteiger partial charge in [-0.2, -0.15) is 19.1 Å². The number of aliphatic carboxylic acids is 1. The van der Waals surface area contributed by atoms with Crippen LogP contribution in [0, 0.1) is 0 Å². The first kappa shape index (κ1) is 16.3. The van der Waals surface area contributed by atoms with Crippen molar-refractivity contribution >= 4 is 5.97 Å². The van der Waals surface area contributed by atoms with Crippen molar-refractivity contribution < 1.29 is 56.3 Å². The standard InChI is InChI=1S/C5H3F6NO6/c6-4(17-10,5(7,8)18-11)2(15-9)1(16-12)3(13)14/h12H2,(H,13,14)/b2-1+. The Morgan fingerprint density at radius 1 is 1.11 bits per heavy atom. The Morgan fingerprint density at radius 3 is 1.83 bits per heavy atom. The number of halogens is 6. The minimum Gasteiger partial charge on any atom is -0.475 e. The molecule has 13 heteroatoms. The molecule has 0 aliphatic carbocycles. The third kappa shape index (κ3) is 2.57. The zero-order chi connectivity index (χ0) is 14.6. The van der Waals surface area contributed by atoms with Crippen LogP contribution in [0.5, 0.6) is 0 Å². The summed E-state index contributed by atoms with van der Waals surface area (Å²) in [7, 11) is 0. The molecule has 0 saturated carbocycles. The van der Waals surface area contributed by atoms with E-state index < -0.39 is 29.5 Å². The van der Waals surface area contributed by atoms with Gasteiger partial charge < -0.3 is 9.94 Å². The van der Waals surface area contributed by atoms with Crippen LogP contribution in [0.2, 0.25) is 0 Å². The molecule has 0 aromatic carbocycles. The maximum absolute atomic E-state index is 13.2. The molecule has 0 amide bonds. The van der Waals surface area contributed by atoms with Crippen molar-refractivity contribution in [3.8, 4) is 0 Å². The van der Waals surface area contributed by atoms with Crippen LogP contribution in [0.3, 0.4) is 0 Å². The summed E-state index contributed by atoms with van der Waals surface area (Å²) >= 11 is 0. The molecular formula is C5H3F6NO6. The molecule has 18 heavy (non-hydrogen) atoms. The molecule has 0 aliphatic heterocycles. The molecule has 0 aromatic heterocycles. The normalized spacial score (nSPS) is 16.6. The summed E-state index contributed by atoms with van der Waals surface area (Å²) in [5, 5.41) is 8.24. The highest BCUT2D eigenvalue weighted by molar-refractivity contribution is 5.85. The molecule has 0 aliphatic rings. The van der Waals surface area contributed by atoms with E-state index in [1.54, 1.807) is 4.94 Å². The fourth-order valence-electron chi connectivity index (χ4n) is 0.693. The lowest BCUT2D eigenvalue weighted by Gasteiger charge is -2.24. The number of nitrogens with two attached hydrogens (primary N) is 1. The van der Waals surface area contributed by atoms with E-state index >= 15 is 0 Å². The Morgan fingerprint density at radius 2 is 1.61 bits per heavy atom. The van der Waals surface area contributed by atoms with Crippen LogP contribution in [0.4, 0.5) is 26.7 Å². The minimum absolute atomic E-state index is 1.71. The number of carbonyl (C=O) groups is 1. The Hall–Kier alpha value is -1.73. The van der Waals surface area contributed by atoms with Crippen molar-refractivity contribution in [1.82, 2.24) is 0 Å². The van der Waals surface area contributed by atoms with Crippen LogP contribution in [0.25, 0.3) is 0 Å². The van der Waals surface area contributed by atoms with Gasteiger partial charge in [-0.15, -0.1) is 9.88 Å². The molecule has 0 rings (SSSR count). The molecule has 0 bridgehead atoms. The molecule has 0 aromatic rings. The van der Waals surface area contributed by atoms with Crippen LogP contribution < -0.4 is 5.90 Å². The van der Waals surface area contributed by atoms with E-state index in [4.69, 9.17) is 5.11 Å². The van der Waals surface area contributed by atoms with Crippen molar-refractivity contribution in [1.29, 1.82) is 0 Å². The topological polar surface area (TPSA) is 100 Å². The van der Waals surface area contributed by atoms with Crippen molar-refractivity contribution in [2.45, 2.75) is 12.0 Å². The summed E-state index contributed by atoms with van der Waals surface area (Å²) in [5.74, 6) is -8.66. The van der Waals surface area contributed by atoms with Crippen LogP contribution in [-0.4, -0.2) is 23.0 Å². The smallest absolute Gasteiger partial charge is 0.455 e. The predicted molar refractivity (Wildman–Crippen MR) is 35.3 cm³/mol. The summed E-state index contributed by atoms with van der Waals surface area (Å²) in [6.45, 7) is 0. The van der Waals surface area contributed by atoms with E-state index in [1.807, 2.05) is 4.94 Å². The first-order valence-corrected chi connectivity index (χ1v) is 3.51. The Labute approximate surface area is 92.9 Å². The van der Waals surface area contributed by atoms with Gasteiger partial charge in [-0.05, 0) is 9.05 Å². The van der Waals surface area contributed by atoms with E-state index in [-0.39, 0.29) is 0 Å². The Kier molecular flexibility index (Phi) is 5.19. The lowest BCUT2D eigenvalue weighted by atomic mass is 10.2. The second-order valence-corrected chi connectivity index (χ2v) is 2.42. The van der Waals surface area contributed by atoms with Gasteiger partial charge in [-0.1, -0.05) is 0 Å². The van der Waals surface area contributed by atoms with E-state index in [0.717, 1.165) is 0 Å². The van der Waals surface area contributed by atoms with Crippen molar-refractivity contribution in [2.24, 2.45) is 5.90 Å². The highest BCUT2D eigenvalue weighted by Crippen LogP contribution is 2.43. The molecule has 0 spiro atoms. The third-order valence-electron chi connectivity index (χ3n) is 1.47. The zero-order valence-corrected chi connectivity index (χ0v) is 7.83. The highest BCUT2D eigenvalue weighted by atomic mass is 19.4. The van der Waals surface area contributed by atoms with Gasteiger partial charge in [0, 0.05) is 4.53 Å². The number of carboxylic acid groups (broad SMARTS) is 1. The van der Waals surface area contributed by atoms with Crippen molar-refractivity contribution in [3.05, 3.63) is 11.5 Å². The van der Waals surface area contributed by atoms with Gasteiger partial charge in [-0.25, -0.2) is 4.79 Å². The number of hydrogen-bond acceptors (Lipinski definition) is 6. The lowest BCUT2D eigenvalue weighted by molar-refractivity contribution is -0.477. The number of alkyl halides is 3. The molecule has 0 radical (unpaired) electrons. The third-order valence-corrected chi connectivity index (χ3v) is 1.47. The zero-order valence-electron chi connectivity index (χ0n) is 7.83. The van der Waals surface area contributed by atoms with Crippen LogP contribution in [0.1, 0.15) is 0 Å². The van der Waals surface area contributed by atoms with Gasteiger partial charge in [0.25, 0.3) is 11.5 Å². The summed E-state index contributed by atoms with van der Waals surface area (Å²) < 4.78 is 73.2. The van der Waals surface area contributed by atoms with Crippen LogP contribution >= 0.6 is 0 Å². The lowest BCUT2D eigenvalue weighted by Crippen LogP contribution is -2.48. The fourth-order valence-corrected chi connectivity index (χ4v) is 0.693. The van der Waals surface area contributed by atoms with Crippen LogP contribution in [-0.2, 0) is 24.5 Å². The highest BCUT2D eigenvalue weighted by Gasteiger charge is 2.68. The van der Waals surface area contributed by atoms with E-state index in [9.17, 15) is 31.5 Å². The summed E-state index contributed by atoms with van der Waals surface area (Å²) in [5.41, 5.74) is 0. The summed E-state index contributed by atoms with van der Waals surface area (Å²) in [4.78, 5) is 19.6. The fraction of sp³-hybridized carbons (Fsp3) is 0.400. The van der Waals surface area contributed by atoms with E-state index in [0.29, 0.717) is 0 Å². The quantitative estimate of drug-likeness (QED) is 0.313. The number of carboxylic acids is 1. The van der Waals surface area contributed by atoms with Crippen molar-refractivity contribution in [2.75, 3.05) is 0 Å². The molecule has 1 atom stereocenters. The number of hydrogen-bond donors (Lipinski definition) is 2. The van der Waals surface area contributed by atoms with Gasteiger partial charge in [0.15, 0.2) is 0 Å². The SMILES string of the molecule is NO/C(C(=O)O)=C(/OF)C(F)(OF)C(F)(F)OF. The maximum atomic E-state index is 13.2. The van der Waals surface area contributed by atoms with E-state index in [2.05, 4.69) is 15.7 Å². The summed E-state index contributed by atoms with van der Waals surface area (Å²) in [6, 6.07) is 0. The first-order valence-electron chi connectivity index (χ1n) is 3.51. The first-order chi connectivity index (χ1) is 8.21. The predicted octanol–water partition coefficient (Wildman–Crippen LogP) is 1.13. The molecule has 106 valence electrons. The second-order valence-electron chi connectivity index (χ2n) is 2.42. The van der Waals surface area contributed by atoms with Gasteiger partial charge in [0.05, 0.1) is 0 Å². The van der Waals surface area contributed by atoms with Gasteiger partial charge >= 0.3 is 17.9 Å². The molecular weight excluding hydrogens is 284 g/mol.